The number of amides is 2. The van der Waals surface area contributed by atoms with Crippen LogP contribution in [0.25, 0.3) is 0 Å². The van der Waals surface area contributed by atoms with Gasteiger partial charge in [-0.3, -0.25) is 9.59 Å². The Morgan fingerprint density at radius 2 is 1.53 bits per heavy atom. The first kappa shape index (κ1) is 21.5. The van der Waals surface area contributed by atoms with Crippen molar-refractivity contribution in [3.05, 3.63) is 47.5 Å². The van der Waals surface area contributed by atoms with Crippen molar-refractivity contribution in [2.24, 2.45) is 5.92 Å². The van der Waals surface area contributed by atoms with E-state index >= 15 is 0 Å². The van der Waals surface area contributed by atoms with Gasteiger partial charge in [0.05, 0.1) is 27.0 Å². The second kappa shape index (κ2) is 9.52. The Labute approximate surface area is 176 Å². The zero-order valence-electron chi connectivity index (χ0n) is 17.9. The molecule has 1 aliphatic rings. The molecule has 0 spiro atoms. The summed E-state index contributed by atoms with van der Waals surface area (Å²) in [5, 5.41) is 2.98. The molecule has 7 nitrogen and oxygen atoms in total. The van der Waals surface area contributed by atoms with Crippen LogP contribution in [0.3, 0.4) is 0 Å². The van der Waals surface area contributed by atoms with Crippen molar-refractivity contribution in [2.45, 2.75) is 19.8 Å². The van der Waals surface area contributed by atoms with Crippen LogP contribution in [0.5, 0.6) is 17.2 Å². The SMILES string of the molecule is COc1ccc(C)cc1NC(=O)C1CCN(C(=O)c2ccc(OC)c(OC)c2)CC1. The minimum Gasteiger partial charge on any atom is -0.495 e. The average molecular weight is 412 g/mol. The lowest BCUT2D eigenvalue weighted by atomic mass is 9.95. The van der Waals surface area contributed by atoms with Crippen molar-refractivity contribution >= 4 is 17.5 Å². The first-order valence-corrected chi connectivity index (χ1v) is 9.93. The van der Waals surface area contributed by atoms with E-state index in [1.54, 1.807) is 44.4 Å². The number of piperidine rings is 1. The number of ether oxygens (including phenoxy) is 3. The highest BCUT2D eigenvalue weighted by Crippen LogP contribution is 2.30. The fraction of sp³-hybridized carbons (Fsp3) is 0.391. The Balaban J connectivity index is 1.61. The minimum atomic E-state index is -0.148. The molecule has 0 aliphatic carbocycles. The van der Waals surface area contributed by atoms with Crippen molar-refractivity contribution in [3.8, 4) is 17.2 Å². The number of nitrogens with one attached hydrogen (secondary N) is 1. The Kier molecular flexibility index (Phi) is 6.82. The van der Waals surface area contributed by atoms with Crippen molar-refractivity contribution in [1.29, 1.82) is 0 Å². The van der Waals surface area contributed by atoms with Gasteiger partial charge in [0.2, 0.25) is 5.91 Å². The molecule has 2 aromatic rings. The van der Waals surface area contributed by atoms with E-state index in [2.05, 4.69) is 5.32 Å². The van der Waals surface area contributed by atoms with E-state index in [1.165, 1.54) is 0 Å². The molecule has 0 aromatic heterocycles. The molecule has 1 aliphatic heterocycles. The Morgan fingerprint density at radius 1 is 0.900 bits per heavy atom. The van der Waals surface area contributed by atoms with E-state index in [4.69, 9.17) is 14.2 Å². The number of methoxy groups -OCH3 is 3. The Morgan fingerprint density at radius 3 is 2.17 bits per heavy atom. The lowest BCUT2D eigenvalue weighted by molar-refractivity contribution is -0.121. The van der Waals surface area contributed by atoms with Gasteiger partial charge in [-0.2, -0.15) is 0 Å². The second-order valence-corrected chi connectivity index (χ2v) is 7.33. The highest BCUT2D eigenvalue weighted by Gasteiger charge is 2.28. The lowest BCUT2D eigenvalue weighted by Gasteiger charge is -2.31. The molecule has 0 radical (unpaired) electrons. The third kappa shape index (κ3) is 4.67. The maximum atomic E-state index is 12.9. The molecule has 0 unspecified atom stereocenters. The van der Waals surface area contributed by atoms with Gasteiger partial charge in [0.25, 0.3) is 5.91 Å². The summed E-state index contributed by atoms with van der Waals surface area (Å²) in [7, 11) is 4.68. The third-order valence-corrected chi connectivity index (χ3v) is 5.40. The van der Waals surface area contributed by atoms with Gasteiger partial charge in [0.1, 0.15) is 5.75 Å². The molecule has 1 saturated heterocycles. The number of hydrogen-bond acceptors (Lipinski definition) is 5. The molecule has 1 fully saturated rings. The van der Waals surface area contributed by atoms with E-state index in [0.717, 1.165) is 5.56 Å². The number of likely N-dealkylation sites (tertiary alicyclic amines) is 1. The maximum absolute atomic E-state index is 12.9. The summed E-state index contributed by atoms with van der Waals surface area (Å²) in [5.41, 5.74) is 2.26. The van der Waals surface area contributed by atoms with Gasteiger partial charge in [0.15, 0.2) is 11.5 Å². The zero-order chi connectivity index (χ0) is 21.7. The molecule has 1 N–H and O–H groups in total. The first-order valence-electron chi connectivity index (χ1n) is 9.93. The van der Waals surface area contributed by atoms with E-state index in [1.807, 2.05) is 25.1 Å². The van der Waals surface area contributed by atoms with Gasteiger partial charge in [-0.05, 0) is 55.7 Å². The molecule has 0 atom stereocenters. The fourth-order valence-corrected chi connectivity index (χ4v) is 3.65. The topological polar surface area (TPSA) is 77.1 Å². The summed E-state index contributed by atoms with van der Waals surface area (Å²) >= 11 is 0. The standard InChI is InChI=1S/C23H28N2O5/c1-15-5-7-19(28-2)18(13-15)24-22(26)16-9-11-25(12-10-16)23(27)17-6-8-20(29-3)21(14-17)30-4/h5-8,13-14,16H,9-12H2,1-4H3,(H,24,26). The number of nitrogens with zero attached hydrogens (tertiary/aromatic N) is 1. The molecule has 2 aromatic carbocycles. The lowest BCUT2D eigenvalue weighted by Crippen LogP contribution is -2.41. The molecule has 0 saturated carbocycles. The number of hydrogen-bond donors (Lipinski definition) is 1. The monoisotopic (exact) mass is 412 g/mol. The van der Waals surface area contributed by atoms with Crippen LogP contribution in [0.1, 0.15) is 28.8 Å². The van der Waals surface area contributed by atoms with Gasteiger partial charge < -0.3 is 24.4 Å². The zero-order valence-corrected chi connectivity index (χ0v) is 17.9. The molecule has 30 heavy (non-hydrogen) atoms. The molecular formula is C23H28N2O5. The Bertz CT molecular complexity index is 920. The summed E-state index contributed by atoms with van der Waals surface area (Å²) in [6.45, 7) is 3.01. The smallest absolute Gasteiger partial charge is 0.253 e. The molecular weight excluding hydrogens is 384 g/mol. The van der Waals surface area contributed by atoms with E-state index in [9.17, 15) is 9.59 Å². The molecule has 2 amide bonds. The summed E-state index contributed by atoms with van der Waals surface area (Å²) < 4.78 is 15.8. The normalized spacial score (nSPS) is 14.2. The van der Waals surface area contributed by atoms with Crippen LogP contribution in [-0.2, 0) is 4.79 Å². The number of anilines is 1. The first-order chi connectivity index (χ1) is 14.5. The Hall–Kier alpha value is -3.22. The molecule has 160 valence electrons. The van der Waals surface area contributed by atoms with Crippen LogP contribution in [0.15, 0.2) is 36.4 Å². The number of aryl methyl sites for hydroxylation is 1. The molecule has 0 bridgehead atoms. The predicted octanol–water partition coefficient (Wildman–Crippen LogP) is 3.51. The van der Waals surface area contributed by atoms with Crippen molar-refractivity contribution in [1.82, 2.24) is 4.90 Å². The van der Waals surface area contributed by atoms with Gasteiger partial charge in [-0.25, -0.2) is 0 Å². The van der Waals surface area contributed by atoms with E-state index < -0.39 is 0 Å². The van der Waals surface area contributed by atoms with Crippen molar-refractivity contribution in [2.75, 3.05) is 39.7 Å². The van der Waals surface area contributed by atoms with Crippen LogP contribution in [0.4, 0.5) is 5.69 Å². The van der Waals surface area contributed by atoms with Gasteiger partial charge in [-0.1, -0.05) is 6.07 Å². The van der Waals surface area contributed by atoms with E-state index in [-0.39, 0.29) is 17.7 Å². The third-order valence-electron chi connectivity index (χ3n) is 5.40. The number of carbonyl (C=O) groups is 2. The molecule has 7 heteroatoms. The summed E-state index contributed by atoms with van der Waals surface area (Å²) in [5.74, 6) is 1.47. The number of rotatable bonds is 6. The summed E-state index contributed by atoms with van der Waals surface area (Å²) in [6.07, 6.45) is 1.22. The summed E-state index contributed by atoms with van der Waals surface area (Å²) in [6, 6.07) is 10.8. The highest BCUT2D eigenvalue weighted by molar-refractivity contribution is 5.96. The van der Waals surface area contributed by atoms with Gasteiger partial charge in [0, 0.05) is 24.6 Å². The predicted molar refractivity (Wildman–Crippen MR) is 115 cm³/mol. The average Bonchev–Trinajstić information content (AvgIpc) is 2.78. The maximum Gasteiger partial charge on any atom is 0.253 e. The quantitative estimate of drug-likeness (QED) is 0.786. The van der Waals surface area contributed by atoms with Gasteiger partial charge in [-0.15, -0.1) is 0 Å². The van der Waals surface area contributed by atoms with Crippen LogP contribution < -0.4 is 19.5 Å². The van der Waals surface area contributed by atoms with Crippen LogP contribution in [-0.4, -0.2) is 51.1 Å². The molecule has 1 heterocycles. The second-order valence-electron chi connectivity index (χ2n) is 7.33. The van der Waals surface area contributed by atoms with Crippen LogP contribution in [0, 0.1) is 12.8 Å². The summed E-state index contributed by atoms with van der Waals surface area (Å²) in [4.78, 5) is 27.4. The largest absolute Gasteiger partial charge is 0.495 e. The van der Waals surface area contributed by atoms with Gasteiger partial charge >= 0.3 is 0 Å². The fourth-order valence-electron chi connectivity index (χ4n) is 3.65. The number of benzene rings is 2. The highest BCUT2D eigenvalue weighted by atomic mass is 16.5. The number of carbonyl (C=O) groups excluding carboxylic acids is 2. The van der Waals surface area contributed by atoms with Crippen molar-refractivity contribution in [3.63, 3.8) is 0 Å². The molecule has 3 rings (SSSR count). The minimum absolute atomic E-state index is 0.0443. The van der Waals surface area contributed by atoms with E-state index in [0.29, 0.717) is 54.4 Å². The van der Waals surface area contributed by atoms with Crippen LogP contribution >= 0.6 is 0 Å². The van der Waals surface area contributed by atoms with Crippen LogP contribution in [0.2, 0.25) is 0 Å². The van der Waals surface area contributed by atoms with Crippen molar-refractivity contribution < 1.29 is 23.8 Å².